The van der Waals surface area contributed by atoms with Gasteiger partial charge < -0.3 is 33.5 Å². The van der Waals surface area contributed by atoms with Crippen LogP contribution in [0.3, 0.4) is 0 Å². The van der Waals surface area contributed by atoms with Gasteiger partial charge in [0.2, 0.25) is 0 Å². The van der Waals surface area contributed by atoms with E-state index in [1.807, 2.05) is 36.4 Å². The Kier molecular flexibility index (Phi) is 9.99. The van der Waals surface area contributed by atoms with Gasteiger partial charge in [0.25, 0.3) is 0 Å². The molecule has 3 aromatic carbocycles. The molecule has 0 bridgehead atoms. The fraction of sp³-hybridized carbons (Fsp3) is 0.394. The lowest BCUT2D eigenvalue weighted by molar-refractivity contribution is -0.306. The highest BCUT2D eigenvalue weighted by molar-refractivity contribution is 5.90. The molecule has 2 fully saturated rings. The molecule has 1 N–H and O–H groups in total. The Morgan fingerprint density at radius 2 is 1.21 bits per heavy atom. The summed E-state index contributed by atoms with van der Waals surface area (Å²) in [5.41, 5.74) is 1.79. The molecular weight excluding hydrogens is 540 g/mol. The van der Waals surface area contributed by atoms with Crippen molar-refractivity contribution in [1.82, 2.24) is 0 Å². The van der Waals surface area contributed by atoms with Crippen molar-refractivity contribution in [2.45, 2.75) is 82.5 Å². The predicted octanol–water partition coefficient (Wildman–Crippen LogP) is 4.67. The minimum absolute atomic E-state index is 0.0533. The molecule has 3 aromatic rings. The smallest absolute Gasteiger partial charge is 0.338 e. The van der Waals surface area contributed by atoms with Crippen LogP contribution in [0.15, 0.2) is 91.0 Å². The minimum atomic E-state index is -1.03. The van der Waals surface area contributed by atoms with Gasteiger partial charge in [-0.1, -0.05) is 66.7 Å². The van der Waals surface area contributed by atoms with Crippen LogP contribution in [0.25, 0.3) is 0 Å². The molecule has 2 saturated heterocycles. The molecule has 5 rings (SSSR count). The zero-order valence-corrected chi connectivity index (χ0v) is 23.6. The molecular formula is C33H36O9. The van der Waals surface area contributed by atoms with Crippen molar-refractivity contribution in [2.75, 3.05) is 0 Å². The Morgan fingerprint density at radius 1 is 0.714 bits per heavy atom. The fourth-order valence-electron chi connectivity index (χ4n) is 5.18. The summed E-state index contributed by atoms with van der Waals surface area (Å²) in [7, 11) is 0. The molecule has 0 saturated carbocycles. The number of aliphatic hydroxyl groups excluding tert-OH is 1. The summed E-state index contributed by atoms with van der Waals surface area (Å²) in [4.78, 5) is 25.6. The van der Waals surface area contributed by atoms with Gasteiger partial charge >= 0.3 is 11.9 Å². The maximum atomic E-state index is 13.0. The summed E-state index contributed by atoms with van der Waals surface area (Å²) in [6.45, 7) is 3.85. The zero-order valence-electron chi connectivity index (χ0n) is 23.6. The molecule has 0 aliphatic carbocycles. The minimum Gasteiger partial charge on any atom is -0.453 e. The van der Waals surface area contributed by atoms with Crippen molar-refractivity contribution in [2.24, 2.45) is 0 Å². The van der Waals surface area contributed by atoms with Crippen molar-refractivity contribution in [1.29, 1.82) is 0 Å². The highest BCUT2D eigenvalue weighted by Crippen LogP contribution is 2.32. The molecule has 9 nitrogen and oxygen atoms in total. The third kappa shape index (κ3) is 7.61. The first-order valence-corrected chi connectivity index (χ1v) is 14.2. The van der Waals surface area contributed by atoms with Crippen molar-refractivity contribution in [3.05, 3.63) is 108 Å². The standard InChI is InChI=1S/C33H36O9/c1-21-30(41-32(35)24-14-8-4-9-15-24)26(34)18-29(39-21)40-27-19-28(37-20-23-12-6-3-7-13-23)38-22(2)31(27)42-33(36)25-16-10-5-11-17-25/h3-17,21-22,26-31,34H,18-20H2,1-2H3/t21-,22-,26-,27-,28-,29+,30-,31-/m1/s1. The topological polar surface area (TPSA) is 110 Å². The van der Waals surface area contributed by atoms with Gasteiger partial charge in [0.15, 0.2) is 24.8 Å². The molecule has 8 atom stereocenters. The van der Waals surface area contributed by atoms with Gasteiger partial charge in [0.1, 0.15) is 6.10 Å². The quantitative estimate of drug-likeness (QED) is 0.364. The fourth-order valence-corrected chi connectivity index (χ4v) is 5.18. The predicted molar refractivity (Wildman–Crippen MR) is 151 cm³/mol. The number of aliphatic hydroxyl groups is 1. The van der Waals surface area contributed by atoms with Gasteiger partial charge in [-0.05, 0) is 43.7 Å². The van der Waals surface area contributed by atoms with Crippen LogP contribution in [0.1, 0.15) is 53.0 Å². The number of hydrogen-bond acceptors (Lipinski definition) is 9. The molecule has 0 radical (unpaired) electrons. The molecule has 42 heavy (non-hydrogen) atoms. The number of esters is 2. The Labute approximate surface area is 245 Å². The monoisotopic (exact) mass is 576 g/mol. The lowest BCUT2D eigenvalue weighted by Gasteiger charge is -2.43. The van der Waals surface area contributed by atoms with E-state index in [1.165, 1.54) is 0 Å². The van der Waals surface area contributed by atoms with Gasteiger partial charge in [-0.15, -0.1) is 0 Å². The van der Waals surface area contributed by atoms with Gasteiger partial charge in [-0.25, -0.2) is 9.59 Å². The molecule has 0 spiro atoms. The number of benzene rings is 3. The number of carbonyl (C=O) groups is 2. The third-order valence-electron chi connectivity index (χ3n) is 7.37. The van der Waals surface area contributed by atoms with Crippen molar-refractivity contribution >= 4 is 11.9 Å². The SMILES string of the molecule is C[C@H]1O[C@@H](OCc2ccccc2)C[C@@H](O[C@H]2C[C@@H](O)[C@H](OC(=O)c3ccccc3)[C@@H](C)O2)[C@@H]1OC(=O)c1ccccc1. The lowest BCUT2D eigenvalue weighted by Crippen LogP contribution is -2.55. The van der Waals surface area contributed by atoms with Crippen LogP contribution in [0.5, 0.6) is 0 Å². The highest BCUT2D eigenvalue weighted by Gasteiger charge is 2.45. The number of rotatable bonds is 9. The van der Waals surface area contributed by atoms with Crippen LogP contribution in [-0.2, 0) is 35.0 Å². The largest absolute Gasteiger partial charge is 0.453 e. The highest BCUT2D eigenvalue weighted by atomic mass is 16.7. The Morgan fingerprint density at radius 3 is 1.79 bits per heavy atom. The molecule has 2 heterocycles. The molecule has 9 heteroatoms. The molecule has 222 valence electrons. The lowest BCUT2D eigenvalue weighted by atomic mass is 10.00. The average Bonchev–Trinajstić information content (AvgIpc) is 3.01. The summed E-state index contributed by atoms with van der Waals surface area (Å²) in [5.74, 6) is -1.04. The Hall–Kier alpha value is -3.60. The van der Waals surface area contributed by atoms with E-state index >= 15 is 0 Å². The van der Waals surface area contributed by atoms with Gasteiger partial charge in [-0.3, -0.25) is 0 Å². The molecule has 2 aliphatic rings. The van der Waals surface area contributed by atoms with E-state index in [0.29, 0.717) is 17.7 Å². The van der Waals surface area contributed by atoms with E-state index in [1.54, 1.807) is 68.4 Å². The normalized spacial score (nSPS) is 29.4. The zero-order chi connectivity index (χ0) is 29.5. The van der Waals surface area contributed by atoms with Gasteiger partial charge in [0, 0.05) is 12.8 Å². The van der Waals surface area contributed by atoms with Crippen molar-refractivity contribution < 1.29 is 43.1 Å². The first-order valence-electron chi connectivity index (χ1n) is 14.2. The maximum absolute atomic E-state index is 13.0. The molecule has 0 amide bonds. The van der Waals surface area contributed by atoms with Gasteiger partial charge in [0.05, 0.1) is 36.0 Å². The van der Waals surface area contributed by atoms with Crippen LogP contribution in [0, 0.1) is 0 Å². The van der Waals surface area contributed by atoms with E-state index in [-0.39, 0.29) is 12.8 Å². The van der Waals surface area contributed by atoms with Crippen LogP contribution >= 0.6 is 0 Å². The van der Waals surface area contributed by atoms with E-state index in [9.17, 15) is 14.7 Å². The number of carbonyl (C=O) groups excluding carboxylic acids is 2. The van der Waals surface area contributed by atoms with E-state index < -0.39 is 61.1 Å². The Balaban J connectivity index is 1.26. The van der Waals surface area contributed by atoms with Crippen molar-refractivity contribution in [3.63, 3.8) is 0 Å². The average molecular weight is 577 g/mol. The van der Waals surface area contributed by atoms with Crippen LogP contribution in [-0.4, -0.2) is 66.2 Å². The summed E-state index contributed by atoms with van der Waals surface area (Å²) < 4.78 is 36.1. The molecule has 0 aromatic heterocycles. The van der Waals surface area contributed by atoms with Gasteiger partial charge in [-0.2, -0.15) is 0 Å². The summed E-state index contributed by atoms with van der Waals surface area (Å²) >= 11 is 0. The Bertz CT molecular complexity index is 1270. The van der Waals surface area contributed by atoms with Crippen LogP contribution in [0.2, 0.25) is 0 Å². The first-order chi connectivity index (χ1) is 20.4. The second-order valence-electron chi connectivity index (χ2n) is 10.5. The molecule has 0 unspecified atom stereocenters. The first kappa shape index (κ1) is 29.9. The van der Waals surface area contributed by atoms with Crippen LogP contribution < -0.4 is 0 Å². The van der Waals surface area contributed by atoms with E-state index in [4.69, 9.17) is 28.4 Å². The summed E-state index contributed by atoms with van der Waals surface area (Å²) in [5, 5.41) is 10.9. The van der Waals surface area contributed by atoms with E-state index in [0.717, 1.165) is 5.56 Å². The third-order valence-corrected chi connectivity index (χ3v) is 7.37. The molecule has 2 aliphatic heterocycles. The summed E-state index contributed by atoms with van der Waals surface area (Å²) in [6.07, 6.45) is -5.68. The number of ether oxygens (including phenoxy) is 6. The van der Waals surface area contributed by atoms with Crippen molar-refractivity contribution in [3.8, 4) is 0 Å². The van der Waals surface area contributed by atoms with Crippen LogP contribution in [0.4, 0.5) is 0 Å². The summed E-state index contributed by atoms with van der Waals surface area (Å²) in [6, 6.07) is 27.0. The number of hydrogen-bond donors (Lipinski definition) is 1. The maximum Gasteiger partial charge on any atom is 0.338 e. The second kappa shape index (κ2) is 14.0. The van der Waals surface area contributed by atoms with E-state index in [2.05, 4.69) is 0 Å². The second-order valence-corrected chi connectivity index (χ2v) is 10.5.